The molecule has 392 valence electrons. The van der Waals surface area contributed by atoms with Crippen LogP contribution in [0.5, 0.6) is 5.75 Å². The lowest BCUT2D eigenvalue weighted by molar-refractivity contribution is -0.168. The van der Waals surface area contributed by atoms with E-state index in [9.17, 15) is 53.7 Å². The zero-order chi connectivity index (χ0) is 53.0. The minimum Gasteiger partial charge on any atom is -0.508 e. The molecule has 0 saturated carbocycles. The average molecular weight is 1000 g/mol. The first-order valence-corrected chi connectivity index (χ1v) is 24.7. The number of hydrogen-bond acceptors (Lipinski definition) is 12. The van der Waals surface area contributed by atoms with Gasteiger partial charge in [-0.1, -0.05) is 84.2 Å². The number of aliphatic hydroxyl groups excluding tert-OH is 1. The lowest BCUT2D eigenvalue weighted by atomic mass is 9.91. The normalized spacial score (nSPS) is 24.7. The van der Waals surface area contributed by atoms with E-state index in [-0.39, 0.29) is 37.9 Å². The molecule has 7 amide bonds. The summed E-state index contributed by atoms with van der Waals surface area (Å²) >= 11 is 0. The zero-order valence-electron chi connectivity index (χ0n) is 41.9. The molecule has 21 heteroatoms. The number of aliphatic hydroxyl groups is 1. The molecule has 3 aromatic rings. The van der Waals surface area contributed by atoms with Crippen LogP contribution in [0, 0.1) is 11.8 Å². The number of esters is 1. The molecule has 2 aliphatic heterocycles. The highest BCUT2D eigenvalue weighted by Crippen LogP contribution is 2.29. The number of rotatable bonds is 16. The summed E-state index contributed by atoms with van der Waals surface area (Å²) in [4.78, 5) is 133. The third-order valence-electron chi connectivity index (χ3n) is 13.5. The Morgan fingerprint density at radius 2 is 1.56 bits per heavy atom. The summed E-state index contributed by atoms with van der Waals surface area (Å²) in [6.07, 6.45) is -0.525. The number of para-hydroxylation sites is 1. The molecule has 0 aliphatic carbocycles. The number of ether oxygens (including phenoxy) is 1. The lowest BCUT2D eigenvalue weighted by Crippen LogP contribution is -2.66. The molecular formula is C51H70N8O13. The van der Waals surface area contributed by atoms with E-state index < -0.39 is 126 Å². The molecule has 72 heavy (non-hydrogen) atoms. The Morgan fingerprint density at radius 1 is 0.861 bits per heavy atom. The summed E-state index contributed by atoms with van der Waals surface area (Å²) in [5, 5.41) is 45.0. The first-order chi connectivity index (χ1) is 34.1. The van der Waals surface area contributed by atoms with Gasteiger partial charge in [0.1, 0.15) is 60.4 Å². The van der Waals surface area contributed by atoms with Crippen LogP contribution in [0.2, 0.25) is 0 Å². The number of amides is 7. The number of unbranched alkanes of at least 4 members (excludes halogenated alkanes) is 2. The highest BCUT2D eigenvalue weighted by molar-refractivity contribution is 5.99. The molecule has 0 radical (unpaired) electrons. The molecule has 9 N–H and O–H groups in total. The van der Waals surface area contributed by atoms with E-state index in [1.807, 2.05) is 31.2 Å². The SMILES string of the molecule is CCCCCC(=O)N[C@H](CC(=O)O)C(=O)N[C@@H]1C(=O)N[C@@H](Cc2ccc(O)cc2)C(=O)N[C@H]2CC[C@@H](O)N(C2=O)[C@@H](C(C)CC)C(=O)N(C)[C@@H](Cc2c[nH]c3ccccc23)C(=O)N[C@@H](C(C)C)C(=O)O[C@@H]1C. The van der Waals surface area contributed by atoms with E-state index in [2.05, 4.69) is 31.6 Å². The molecule has 2 saturated heterocycles. The largest absolute Gasteiger partial charge is 0.508 e. The number of H-pyrrole nitrogens is 1. The Kier molecular flexibility index (Phi) is 19.7. The summed E-state index contributed by atoms with van der Waals surface area (Å²) in [5.41, 5.74) is 1.82. The Labute approximate surface area is 418 Å². The van der Waals surface area contributed by atoms with Crippen LogP contribution >= 0.6 is 0 Å². The maximum Gasteiger partial charge on any atom is 0.329 e. The van der Waals surface area contributed by atoms with Gasteiger partial charge in [-0.2, -0.15) is 0 Å². The number of carbonyl (C=O) groups excluding carboxylic acids is 8. The van der Waals surface area contributed by atoms with Crippen LogP contribution in [0.15, 0.2) is 54.7 Å². The smallest absolute Gasteiger partial charge is 0.329 e. The molecule has 2 bridgehead atoms. The van der Waals surface area contributed by atoms with Crippen molar-refractivity contribution in [2.24, 2.45) is 11.8 Å². The van der Waals surface area contributed by atoms with Crippen molar-refractivity contribution in [2.45, 2.75) is 160 Å². The number of fused-ring (bicyclic) bond motifs is 3. The molecule has 2 fully saturated rings. The standard InChI is InChI=1S/C51H70N8O13/c1-8-10-11-16-39(61)53-37(25-41(63)64)46(66)57-43-29(6)72-51(71)42(27(3)4)56-47(67)38(24-31-26-52-34-15-13-12-14-33(31)34)58(7)50(70)44(28(5)9-2)59-40(62)22-21-35(49(59)69)54-45(65)36(55-48(43)68)23-30-17-19-32(60)20-18-30/h12-15,17-20,26-29,35-38,40,42-44,52,60,62H,8-11,16,21-25H2,1-7H3,(H,53,61)(H,54,65)(H,55,68)(H,56,67)(H,57,66)(H,63,64)/t28?,29-,35+,36+,37-,38+,40-,42+,43+,44+/m1/s1. The number of aromatic hydroxyl groups is 1. The van der Waals surface area contributed by atoms with Crippen LogP contribution in [0.4, 0.5) is 0 Å². The fraction of sp³-hybridized carbons (Fsp3) is 0.549. The van der Waals surface area contributed by atoms with Crippen molar-refractivity contribution in [3.05, 3.63) is 65.9 Å². The maximum atomic E-state index is 15.1. The van der Waals surface area contributed by atoms with E-state index in [1.54, 1.807) is 33.9 Å². The summed E-state index contributed by atoms with van der Waals surface area (Å²) in [7, 11) is 1.40. The molecule has 3 heterocycles. The quantitative estimate of drug-likeness (QED) is 0.0733. The number of phenolic OH excluding ortho intramolecular Hbond substituents is 1. The van der Waals surface area contributed by atoms with E-state index in [0.717, 1.165) is 22.2 Å². The molecule has 2 aromatic carbocycles. The molecule has 2 aliphatic rings. The molecule has 0 spiro atoms. The number of nitrogens with one attached hydrogen (secondary N) is 6. The second kappa shape index (κ2) is 25.4. The number of carboxylic acids is 1. The second-order valence-electron chi connectivity index (χ2n) is 19.2. The number of aromatic nitrogens is 1. The summed E-state index contributed by atoms with van der Waals surface area (Å²) in [5.74, 6) is -9.97. The van der Waals surface area contributed by atoms with Crippen molar-refractivity contribution in [3.8, 4) is 5.75 Å². The molecule has 10 atom stereocenters. The highest BCUT2D eigenvalue weighted by Gasteiger charge is 2.47. The minimum atomic E-state index is -1.88. The monoisotopic (exact) mass is 1000 g/mol. The van der Waals surface area contributed by atoms with Gasteiger partial charge in [-0.25, -0.2) is 4.79 Å². The van der Waals surface area contributed by atoms with E-state index in [0.29, 0.717) is 30.4 Å². The van der Waals surface area contributed by atoms with Crippen LogP contribution in [-0.2, 0) is 60.7 Å². The Morgan fingerprint density at radius 3 is 2.21 bits per heavy atom. The zero-order valence-corrected chi connectivity index (χ0v) is 41.9. The predicted octanol–water partition coefficient (Wildman–Crippen LogP) is 1.92. The first kappa shape index (κ1) is 55.9. The number of benzene rings is 2. The van der Waals surface area contributed by atoms with Crippen LogP contribution in [0.3, 0.4) is 0 Å². The van der Waals surface area contributed by atoms with Crippen molar-refractivity contribution in [2.75, 3.05) is 7.05 Å². The van der Waals surface area contributed by atoms with Crippen molar-refractivity contribution < 1.29 is 63.2 Å². The van der Waals surface area contributed by atoms with Gasteiger partial charge in [-0.15, -0.1) is 0 Å². The number of phenols is 1. The topological polar surface area (TPSA) is 306 Å². The number of nitrogens with zero attached hydrogens (tertiary/aromatic N) is 2. The van der Waals surface area contributed by atoms with Crippen molar-refractivity contribution in [3.63, 3.8) is 0 Å². The van der Waals surface area contributed by atoms with Gasteiger partial charge in [0.05, 0.1) is 6.42 Å². The number of carboxylic acid groups (broad SMARTS) is 1. The number of likely N-dealkylation sites (N-methyl/N-ethyl adjacent to an activating group) is 1. The first-order valence-electron chi connectivity index (χ1n) is 24.7. The molecule has 21 nitrogen and oxygen atoms in total. The van der Waals surface area contributed by atoms with E-state index in [4.69, 9.17) is 4.74 Å². The van der Waals surface area contributed by atoms with Gasteiger partial charge in [-0.05, 0) is 67.3 Å². The number of carbonyl (C=O) groups is 9. The second-order valence-corrected chi connectivity index (χ2v) is 19.2. The summed E-state index contributed by atoms with van der Waals surface area (Å²) in [6, 6.07) is 2.40. The number of aliphatic carboxylic acids is 1. The van der Waals surface area contributed by atoms with Gasteiger partial charge >= 0.3 is 11.9 Å². The Bertz CT molecular complexity index is 2440. The molecule has 5 rings (SSSR count). The van der Waals surface area contributed by atoms with Crippen LogP contribution in [0.1, 0.15) is 104 Å². The molecular weight excluding hydrogens is 933 g/mol. The number of hydrogen-bond donors (Lipinski definition) is 9. The Balaban J connectivity index is 1.63. The third kappa shape index (κ3) is 14.1. The fourth-order valence-electron chi connectivity index (χ4n) is 9.02. The number of aromatic amines is 1. The lowest BCUT2D eigenvalue weighted by Gasteiger charge is -2.44. The minimum absolute atomic E-state index is 0.0172. The maximum absolute atomic E-state index is 15.1. The van der Waals surface area contributed by atoms with Crippen LogP contribution in [-0.4, -0.2) is 145 Å². The highest BCUT2D eigenvalue weighted by atomic mass is 16.5. The van der Waals surface area contributed by atoms with Crippen molar-refractivity contribution in [1.82, 2.24) is 41.4 Å². The van der Waals surface area contributed by atoms with Gasteiger partial charge in [0, 0.05) is 43.4 Å². The van der Waals surface area contributed by atoms with Crippen LogP contribution in [0.25, 0.3) is 10.9 Å². The van der Waals surface area contributed by atoms with Gasteiger partial charge in [0.25, 0.3) is 0 Å². The summed E-state index contributed by atoms with van der Waals surface area (Å²) in [6.45, 7) is 9.94. The van der Waals surface area contributed by atoms with Gasteiger partial charge in [0.2, 0.25) is 41.4 Å². The third-order valence-corrected chi connectivity index (χ3v) is 13.5. The number of cyclic esters (lactones) is 1. The predicted molar refractivity (Wildman–Crippen MR) is 262 cm³/mol. The van der Waals surface area contributed by atoms with E-state index in [1.165, 1.54) is 43.1 Å². The van der Waals surface area contributed by atoms with Gasteiger partial charge in [0.15, 0.2) is 0 Å². The Hall–Kier alpha value is -7.03. The van der Waals surface area contributed by atoms with Gasteiger partial charge < -0.3 is 61.4 Å². The van der Waals surface area contributed by atoms with E-state index >= 15 is 4.79 Å². The molecule has 1 aromatic heterocycles. The van der Waals surface area contributed by atoms with Gasteiger partial charge in [-0.3, -0.25) is 38.4 Å². The summed E-state index contributed by atoms with van der Waals surface area (Å²) < 4.78 is 5.89. The number of piperidine rings is 1. The van der Waals surface area contributed by atoms with Crippen molar-refractivity contribution >= 4 is 64.2 Å². The molecule has 1 unspecified atom stereocenters. The fourth-order valence-corrected chi connectivity index (χ4v) is 9.02. The van der Waals surface area contributed by atoms with Crippen molar-refractivity contribution in [1.29, 1.82) is 0 Å². The average Bonchev–Trinajstić information content (AvgIpc) is 3.75. The van der Waals surface area contributed by atoms with Crippen LogP contribution < -0.4 is 26.6 Å².